The molecule has 3 nitrogen and oxygen atoms in total. The molecule has 0 aliphatic rings. The number of rotatable bonds is 8. The summed E-state index contributed by atoms with van der Waals surface area (Å²) in [5.41, 5.74) is 0.768. The summed E-state index contributed by atoms with van der Waals surface area (Å²) in [4.78, 5) is 14.0. The molecule has 0 spiro atoms. The maximum atomic E-state index is 12.1. The van der Waals surface area contributed by atoms with E-state index in [1.807, 2.05) is 17.0 Å². The topological polar surface area (TPSA) is 32.3 Å². The summed E-state index contributed by atoms with van der Waals surface area (Å²) in [6, 6.07) is 5.43. The third kappa shape index (κ3) is 5.22. The van der Waals surface area contributed by atoms with E-state index in [9.17, 15) is 4.79 Å². The van der Waals surface area contributed by atoms with Crippen LogP contribution >= 0.6 is 23.2 Å². The second-order valence-electron chi connectivity index (χ2n) is 4.66. The molecular weight excluding hydrogens is 295 g/mol. The van der Waals surface area contributed by atoms with Crippen molar-refractivity contribution in [2.45, 2.75) is 33.1 Å². The van der Waals surface area contributed by atoms with Crippen LogP contribution in [0.1, 0.15) is 33.1 Å². The minimum atomic E-state index is 0.180. The molecule has 1 rings (SSSR count). The lowest BCUT2D eigenvalue weighted by Gasteiger charge is -2.21. The van der Waals surface area contributed by atoms with E-state index in [2.05, 4.69) is 19.2 Å². The fraction of sp³-hybridized carbons (Fsp3) is 0.533. The highest BCUT2D eigenvalue weighted by molar-refractivity contribution is 6.43. The van der Waals surface area contributed by atoms with Gasteiger partial charge in [0.15, 0.2) is 0 Å². The molecule has 0 saturated carbocycles. The van der Waals surface area contributed by atoms with Crippen molar-refractivity contribution in [3.63, 3.8) is 0 Å². The number of halogens is 2. The maximum Gasteiger partial charge on any atom is 0.224 e. The van der Waals surface area contributed by atoms with Crippen LogP contribution in [0.2, 0.25) is 10.0 Å². The van der Waals surface area contributed by atoms with Gasteiger partial charge in [-0.05, 0) is 25.0 Å². The van der Waals surface area contributed by atoms with Gasteiger partial charge in [-0.3, -0.25) is 4.79 Å². The number of nitrogens with zero attached hydrogens (tertiary/aromatic N) is 1. The number of anilines is 1. The lowest BCUT2D eigenvalue weighted by molar-refractivity contribution is -0.131. The smallest absolute Gasteiger partial charge is 0.224 e. The Morgan fingerprint density at radius 3 is 2.45 bits per heavy atom. The Balaban J connectivity index is 2.46. The van der Waals surface area contributed by atoms with Crippen LogP contribution < -0.4 is 5.32 Å². The van der Waals surface area contributed by atoms with E-state index in [-0.39, 0.29) is 5.91 Å². The Bertz CT molecular complexity index is 432. The summed E-state index contributed by atoms with van der Waals surface area (Å²) in [5.74, 6) is 0.180. The van der Waals surface area contributed by atoms with Crippen molar-refractivity contribution in [3.05, 3.63) is 28.2 Å². The number of hydrogen-bond acceptors (Lipinski definition) is 2. The minimum absolute atomic E-state index is 0.180. The molecule has 0 unspecified atom stereocenters. The zero-order valence-electron chi connectivity index (χ0n) is 12.1. The van der Waals surface area contributed by atoms with Crippen molar-refractivity contribution in [3.8, 4) is 0 Å². The van der Waals surface area contributed by atoms with Crippen LogP contribution in [0.3, 0.4) is 0 Å². The molecule has 0 heterocycles. The standard InChI is InChI=1S/C15H22Cl2N2O/c1-3-10-19(11-4-2)14(20)8-9-18-13-7-5-6-12(16)15(13)17/h5-7,18H,3-4,8-11H2,1-2H3. The van der Waals surface area contributed by atoms with E-state index in [4.69, 9.17) is 23.2 Å². The van der Waals surface area contributed by atoms with Gasteiger partial charge in [0.25, 0.3) is 0 Å². The number of amides is 1. The third-order valence-electron chi connectivity index (χ3n) is 2.95. The molecule has 0 atom stereocenters. The number of benzene rings is 1. The Morgan fingerprint density at radius 2 is 1.85 bits per heavy atom. The Kier molecular flexibility index (Phi) is 7.78. The number of hydrogen-bond donors (Lipinski definition) is 1. The Hall–Kier alpha value is -0.930. The first-order valence-electron chi connectivity index (χ1n) is 7.05. The number of carbonyl (C=O) groups is 1. The van der Waals surface area contributed by atoms with Crippen molar-refractivity contribution in [1.82, 2.24) is 4.90 Å². The lowest BCUT2D eigenvalue weighted by Crippen LogP contribution is -2.33. The summed E-state index contributed by atoms with van der Waals surface area (Å²) in [6.45, 7) is 6.37. The van der Waals surface area contributed by atoms with Gasteiger partial charge < -0.3 is 10.2 Å². The third-order valence-corrected chi connectivity index (χ3v) is 3.76. The van der Waals surface area contributed by atoms with Gasteiger partial charge in [-0.1, -0.05) is 43.1 Å². The van der Waals surface area contributed by atoms with E-state index in [1.165, 1.54) is 0 Å². The fourth-order valence-corrected chi connectivity index (χ4v) is 2.37. The molecule has 0 aliphatic heterocycles. The summed E-state index contributed by atoms with van der Waals surface area (Å²) in [6.07, 6.45) is 2.43. The first-order chi connectivity index (χ1) is 9.60. The van der Waals surface area contributed by atoms with Gasteiger partial charge in [0, 0.05) is 26.1 Å². The summed E-state index contributed by atoms with van der Waals surface area (Å²) in [5, 5.41) is 4.18. The second-order valence-corrected chi connectivity index (χ2v) is 5.44. The number of nitrogens with one attached hydrogen (secondary N) is 1. The Labute approximate surface area is 131 Å². The van der Waals surface area contributed by atoms with Gasteiger partial charge in [-0.25, -0.2) is 0 Å². The van der Waals surface area contributed by atoms with Crippen LogP contribution in [-0.4, -0.2) is 30.4 Å². The Morgan fingerprint density at radius 1 is 1.20 bits per heavy atom. The van der Waals surface area contributed by atoms with Gasteiger partial charge >= 0.3 is 0 Å². The van der Waals surface area contributed by atoms with E-state index in [1.54, 1.807) is 6.07 Å². The first kappa shape index (κ1) is 17.1. The molecule has 1 N–H and O–H groups in total. The maximum absolute atomic E-state index is 12.1. The van der Waals surface area contributed by atoms with Gasteiger partial charge in [0.1, 0.15) is 0 Å². The zero-order valence-corrected chi connectivity index (χ0v) is 13.6. The molecule has 20 heavy (non-hydrogen) atoms. The highest BCUT2D eigenvalue weighted by Gasteiger charge is 2.11. The molecule has 1 aromatic carbocycles. The highest BCUT2D eigenvalue weighted by Crippen LogP contribution is 2.29. The molecule has 112 valence electrons. The molecule has 1 amide bonds. The number of carbonyl (C=O) groups excluding carboxylic acids is 1. The molecular formula is C15H22Cl2N2O. The minimum Gasteiger partial charge on any atom is -0.383 e. The largest absolute Gasteiger partial charge is 0.383 e. The van der Waals surface area contributed by atoms with Crippen LogP contribution in [0, 0.1) is 0 Å². The van der Waals surface area contributed by atoms with Crippen molar-refractivity contribution >= 4 is 34.8 Å². The SMILES string of the molecule is CCCN(CCC)C(=O)CCNc1cccc(Cl)c1Cl. The van der Waals surface area contributed by atoms with E-state index < -0.39 is 0 Å². The molecule has 0 aromatic heterocycles. The van der Waals surface area contributed by atoms with Crippen LogP contribution in [0.25, 0.3) is 0 Å². The van der Waals surface area contributed by atoms with Crippen LogP contribution in [0.15, 0.2) is 18.2 Å². The average Bonchev–Trinajstić information content (AvgIpc) is 2.43. The van der Waals surface area contributed by atoms with E-state index in [0.717, 1.165) is 31.6 Å². The molecule has 0 bridgehead atoms. The van der Waals surface area contributed by atoms with Crippen molar-refractivity contribution in [2.75, 3.05) is 25.0 Å². The van der Waals surface area contributed by atoms with Gasteiger partial charge in [0.2, 0.25) is 5.91 Å². The van der Waals surface area contributed by atoms with Crippen LogP contribution in [0.4, 0.5) is 5.69 Å². The van der Waals surface area contributed by atoms with Crippen molar-refractivity contribution < 1.29 is 4.79 Å². The lowest BCUT2D eigenvalue weighted by atomic mass is 10.2. The normalized spacial score (nSPS) is 10.4. The van der Waals surface area contributed by atoms with Crippen LogP contribution in [0.5, 0.6) is 0 Å². The van der Waals surface area contributed by atoms with Crippen LogP contribution in [-0.2, 0) is 4.79 Å². The molecule has 0 fully saturated rings. The first-order valence-corrected chi connectivity index (χ1v) is 7.81. The van der Waals surface area contributed by atoms with E-state index >= 15 is 0 Å². The predicted molar refractivity (Wildman–Crippen MR) is 86.7 cm³/mol. The highest BCUT2D eigenvalue weighted by atomic mass is 35.5. The average molecular weight is 317 g/mol. The van der Waals surface area contributed by atoms with Crippen molar-refractivity contribution in [2.24, 2.45) is 0 Å². The molecule has 0 radical (unpaired) electrons. The molecule has 1 aromatic rings. The molecule has 5 heteroatoms. The van der Waals surface area contributed by atoms with Crippen molar-refractivity contribution in [1.29, 1.82) is 0 Å². The predicted octanol–water partition coefficient (Wildman–Crippen LogP) is 4.44. The molecule has 0 aliphatic carbocycles. The second kappa shape index (κ2) is 9.09. The monoisotopic (exact) mass is 316 g/mol. The van der Waals surface area contributed by atoms with Gasteiger partial charge in [-0.2, -0.15) is 0 Å². The summed E-state index contributed by atoms with van der Waals surface area (Å²) in [7, 11) is 0. The van der Waals surface area contributed by atoms with Gasteiger partial charge in [0.05, 0.1) is 15.7 Å². The zero-order chi connectivity index (χ0) is 15.0. The van der Waals surface area contributed by atoms with E-state index in [0.29, 0.717) is 23.0 Å². The summed E-state index contributed by atoms with van der Waals surface area (Å²) < 4.78 is 0. The summed E-state index contributed by atoms with van der Waals surface area (Å²) >= 11 is 12.0. The quantitative estimate of drug-likeness (QED) is 0.768. The molecule has 0 saturated heterocycles. The van der Waals surface area contributed by atoms with Gasteiger partial charge in [-0.15, -0.1) is 0 Å². The fourth-order valence-electron chi connectivity index (χ4n) is 2.00.